The summed E-state index contributed by atoms with van der Waals surface area (Å²) in [4.78, 5) is 25.7. The van der Waals surface area contributed by atoms with E-state index in [2.05, 4.69) is 35.3 Å². The van der Waals surface area contributed by atoms with E-state index in [1.165, 1.54) is 19.3 Å². The SMILES string of the molecule is CNC(=O)c1n[nH]c2c1CN(Cc1cnc(N3CCCCC3)nc1)CC2. The minimum Gasteiger partial charge on any atom is -0.354 e. The van der Waals surface area contributed by atoms with Crippen molar-refractivity contribution < 1.29 is 4.79 Å². The van der Waals surface area contributed by atoms with Crippen LogP contribution in [0.25, 0.3) is 0 Å². The number of piperidine rings is 1. The van der Waals surface area contributed by atoms with Crippen LogP contribution in [0.4, 0.5) is 5.95 Å². The van der Waals surface area contributed by atoms with Gasteiger partial charge in [-0.25, -0.2) is 9.97 Å². The van der Waals surface area contributed by atoms with Crippen LogP contribution < -0.4 is 10.2 Å². The van der Waals surface area contributed by atoms with Gasteiger partial charge in [0.15, 0.2) is 5.69 Å². The van der Waals surface area contributed by atoms with Gasteiger partial charge in [-0.05, 0) is 19.3 Å². The highest BCUT2D eigenvalue weighted by Gasteiger charge is 2.25. The molecular weight excluding hydrogens is 330 g/mol. The van der Waals surface area contributed by atoms with Crippen LogP contribution >= 0.6 is 0 Å². The highest BCUT2D eigenvalue weighted by Crippen LogP contribution is 2.22. The molecule has 0 spiro atoms. The molecule has 1 amide bonds. The number of aromatic nitrogens is 4. The Morgan fingerprint density at radius 1 is 1.19 bits per heavy atom. The first-order valence-corrected chi connectivity index (χ1v) is 9.31. The molecule has 1 saturated heterocycles. The molecular formula is C18H25N7O. The first kappa shape index (κ1) is 17.0. The number of aromatic amines is 1. The number of H-pyrrole nitrogens is 1. The Labute approximate surface area is 153 Å². The van der Waals surface area contributed by atoms with E-state index < -0.39 is 0 Å². The number of hydrogen-bond donors (Lipinski definition) is 2. The zero-order chi connectivity index (χ0) is 17.9. The Balaban J connectivity index is 1.42. The van der Waals surface area contributed by atoms with Crippen LogP contribution in [0.1, 0.15) is 46.6 Å². The molecule has 8 heteroatoms. The summed E-state index contributed by atoms with van der Waals surface area (Å²) in [7, 11) is 1.63. The number of rotatable bonds is 4. The Morgan fingerprint density at radius 2 is 1.96 bits per heavy atom. The quantitative estimate of drug-likeness (QED) is 0.854. The van der Waals surface area contributed by atoms with Gasteiger partial charge in [0.1, 0.15) is 0 Å². The number of carbonyl (C=O) groups is 1. The Hall–Kier alpha value is -2.48. The van der Waals surface area contributed by atoms with Crippen LogP contribution in [0.15, 0.2) is 12.4 Å². The summed E-state index contributed by atoms with van der Waals surface area (Å²) in [6.45, 7) is 4.52. The van der Waals surface area contributed by atoms with Crippen molar-refractivity contribution in [3.63, 3.8) is 0 Å². The van der Waals surface area contributed by atoms with Crippen molar-refractivity contribution in [2.24, 2.45) is 0 Å². The van der Waals surface area contributed by atoms with Crippen LogP contribution in [-0.4, -0.2) is 57.7 Å². The van der Waals surface area contributed by atoms with Crippen molar-refractivity contribution in [1.29, 1.82) is 0 Å². The average Bonchev–Trinajstić information content (AvgIpc) is 3.12. The fourth-order valence-corrected chi connectivity index (χ4v) is 3.74. The maximum atomic E-state index is 12.0. The Kier molecular flexibility index (Phi) is 4.83. The van der Waals surface area contributed by atoms with E-state index in [4.69, 9.17) is 0 Å². The van der Waals surface area contributed by atoms with E-state index in [1.807, 2.05) is 12.4 Å². The molecule has 2 N–H and O–H groups in total. The number of hydrogen-bond acceptors (Lipinski definition) is 6. The van der Waals surface area contributed by atoms with E-state index in [0.29, 0.717) is 12.2 Å². The van der Waals surface area contributed by atoms with Crippen molar-refractivity contribution in [2.75, 3.05) is 31.6 Å². The van der Waals surface area contributed by atoms with Gasteiger partial charge in [-0.1, -0.05) is 0 Å². The second-order valence-electron chi connectivity index (χ2n) is 7.01. The van der Waals surface area contributed by atoms with Gasteiger partial charge in [0, 0.05) is 75.4 Å². The first-order chi connectivity index (χ1) is 12.7. The second kappa shape index (κ2) is 7.41. The maximum Gasteiger partial charge on any atom is 0.271 e. The monoisotopic (exact) mass is 355 g/mol. The largest absolute Gasteiger partial charge is 0.354 e. The summed E-state index contributed by atoms with van der Waals surface area (Å²) in [5.41, 5.74) is 3.67. The maximum absolute atomic E-state index is 12.0. The van der Waals surface area contributed by atoms with E-state index >= 15 is 0 Å². The molecule has 8 nitrogen and oxygen atoms in total. The highest BCUT2D eigenvalue weighted by molar-refractivity contribution is 5.93. The molecule has 4 rings (SSSR count). The zero-order valence-electron chi connectivity index (χ0n) is 15.2. The molecule has 0 saturated carbocycles. The van der Waals surface area contributed by atoms with Crippen LogP contribution in [-0.2, 0) is 19.5 Å². The van der Waals surface area contributed by atoms with Crippen LogP contribution in [0, 0.1) is 0 Å². The third-order valence-corrected chi connectivity index (χ3v) is 5.19. The summed E-state index contributed by atoms with van der Waals surface area (Å²) in [6, 6.07) is 0. The van der Waals surface area contributed by atoms with E-state index in [1.54, 1.807) is 7.05 Å². The van der Waals surface area contributed by atoms with Crippen LogP contribution in [0.5, 0.6) is 0 Å². The standard InChI is InChI=1S/C18H25N7O/c1-19-17(26)16-14-12-24(8-5-15(14)22-23-16)11-13-9-20-18(21-10-13)25-6-3-2-4-7-25/h9-10H,2-8,11-12H2,1H3,(H,19,26)(H,22,23). The van der Waals surface area contributed by atoms with Gasteiger partial charge in [-0.3, -0.25) is 14.8 Å². The van der Waals surface area contributed by atoms with Crippen molar-refractivity contribution in [2.45, 2.75) is 38.8 Å². The molecule has 0 bridgehead atoms. The predicted molar refractivity (Wildman–Crippen MR) is 97.9 cm³/mol. The topological polar surface area (TPSA) is 90.0 Å². The lowest BCUT2D eigenvalue weighted by Gasteiger charge is -2.28. The number of anilines is 1. The number of nitrogens with zero attached hydrogens (tertiary/aromatic N) is 5. The first-order valence-electron chi connectivity index (χ1n) is 9.31. The lowest BCUT2D eigenvalue weighted by molar-refractivity contribution is 0.0955. The summed E-state index contributed by atoms with van der Waals surface area (Å²) < 4.78 is 0. The molecule has 0 aromatic carbocycles. The third kappa shape index (κ3) is 3.41. The number of amides is 1. The predicted octanol–water partition coefficient (Wildman–Crippen LogP) is 1.11. The summed E-state index contributed by atoms with van der Waals surface area (Å²) >= 11 is 0. The summed E-state index contributed by atoms with van der Waals surface area (Å²) in [6.07, 6.45) is 8.48. The van der Waals surface area contributed by atoms with Gasteiger partial charge in [-0.15, -0.1) is 0 Å². The Morgan fingerprint density at radius 3 is 2.69 bits per heavy atom. The summed E-state index contributed by atoms with van der Waals surface area (Å²) in [5, 5.41) is 9.84. The van der Waals surface area contributed by atoms with E-state index in [-0.39, 0.29) is 5.91 Å². The van der Waals surface area contributed by atoms with Crippen molar-refractivity contribution in [3.8, 4) is 0 Å². The number of carbonyl (C=O) groups excluding carboxylic acids is 1. The minimum atomic E-state index is -0.140. The van der Waals surface area contributed by atoms with Crippen LogP contribution in [0.2, 0.25) is 0 Å². The normalized spacial score (nSPS) is 17.8. The fourth-order valence-electron chi connectivity index (χ4n) is 3.74. The lowest BCUT2D eigenvalue weighted by Crippen LogP contribution is -2.32. The molecule has 0 radical (unpaired) electrons. The zero-order valence-corrected chi connectivity index (χ0v) is 15.2. The molecule has 2 aliphatic heterocycles. The van der Waals surface area contributed by atoms with Gasteiger partial charge in [0.05, 0.1) is 0 Å². The summed E-state index contributed by atoms with van der Waals surface area (Å²) in [5.74, 6) is 0.699. The smallest absolute Gasteiger partial charge is 0.271 e. The second-order valence-corrected chi connectivity index (χ2v) is 7.01. The molecule has 0 unspecified atom stereocenters. The van der Waals surface area contributed by atoms with E-state index in [9.17, 15) is 4.79 Å². The molecule has 2 aliphatic rings. The number of nitrogens with one attached hydrogen (secondary N) is 2. The van der Waals surface area contributed by atoms with Crippen LogP contribution in [0.3, 0.4) is 0 Å². The average molecular weight is 355 g/mol. The Bertz CT molecular complexity index is 764. The van der Waals surface area contributed by atoms with Gasteiger partial charge >= 0.3 is 0 Å². The number of fused-ring (bicyclic) bond motifs is 1. The molecule has 2 aromatic rings. The van der Waals surface area contributed by atoms with Crippen molar-refractivity contribution >= 4 is 11.9 Å². The molecule has 4 heterocycles. The van der Waals surface area contributed by atoms with Crippen molar-refractivity contribution in [1.82, 2.24) is 30.4 Å². The molecule has 0 atom stereocenters. The highest BCUT2D eigenvalue weighted by atomic mass is 16.1. The molecule has 138 valence electrons. The van der Waals surface area contributed by atoms with Gasteiger partial charge in [0.25, 0.3) is 5.91 Å². The minimum absolute atomic E-state index is 0.140. The van der Waals surface area contributed by atoms with Crippen molar-refractivity contribution in [3.05, 3.63) is 34.9 Å². The van der Waals surface area contributed by atoms with Gasteiger partial charge in [0.2, 0.25) is 5.95 Å². The molecule has 2 aromatic heterocycles. The van der Waals surface area contributed by atoms with E-state index in [0.717, 1.165) is 55.4 Å². The fraction of sp³-hybridized carbons (Fsp3) is 0.556. The molecule has 1 fully saturated rings. The molecule has 26 heavy (non-hydrogen) atoms. The van der Waals surface area contributed by atoms with Gasteiger partial charge in [-0.2, -0.15) is 5.10 Å². The molecule has 0 aliphatic carbocycles. The third-order valence-electron chi connectivity index (χ3n) is 5.19. The van der Waals surface area contributed by atoms with Gasteiger partial charge < -0.3 is 10.2 Å². The lowest BCUT2D eigenvalue weighted by atomic mass is 10.0.